The molecule has 2 aliphatic rings. The highest BCUT2D eigenvalue weighted by Gasteiger charge is 2.55. The molecule has 14 nitrogen and oxygen atoms in total. The van der Waals surface area contributed by atoms with Gasteiger partial charge in [0.05, 0.1) is 5.56 Å². The monoisotopic (exact) mass is 645 g/mol. The quantitative estimate of drug-likeness (QED) is 0.0686. The number of aromatic nitrogens is 3. The second-order valence-corrected chi connectivity index (χ2v) is 12.1. The van der Waals surface area contributed by atoms with Crippen LogP contribution >= 0.6 is 23.3 Å². The summed E-state index contributed by atoms with van der Waals surface area (Å²) in [6.07, 6.45) is 10.3. The summed E-state index contributed by atoms with van der Waals surface area (Å²) >= 11 is 2.22. The van der Waals surface area contributed by atoms with Gasteiger partial charge in [0.2, 0.25) is 11.5 Å². The average Bonchev–Trinajstić information content (AvgIpc) is 3.45. The molecule has 44 heavy (non-hydrogen) atoms. The largest absolute Gasteiger partial charge is 0.477 e. The van der Waals surface area contributed by atoms with Crippen molar-refractivity contribution in [2.75, 3.05) is 24.6 Å². The van der Waals surface area contributed by atoms with Crippen molar-refractivity contribution in [3.05, 3.63) is 47.2 Å². The zero-order valence-electron chi connectivity index (χ0n) is 24.7. The molecule has 2 aromatic rings. The van der Waals surface area contributed by atoms with Crippen LogP contribution in [0.5, 0.6) is 0 Å². The third-order valence-electron chi connectivity index (χ3n) is 7.03. The van der Waals surface area contributed by atoms with Crippen molar-refractivity contribution in [2.45, 2.75) is 70.3 Å². The number of rotatable bonds is 16. The lowest BCUT2D eigenvalue weighted by atomic mass is 10.0. The molecule has 2 atom stereocenters. The van der Waals surface area contributed by atoms with Crippen molar-refractivity contribution in [3.8, 4) is 0 Å². The van der Waals surface area contributed by atoms with Crippen LogP contribution in [0.2, 0.25) is 0 Å². The number of hydrogen-bond acceptors (Lipinski definition) is 11. The van der Waals surface area contributed by atoms with Crippen molar-refractivity contribution < 1.29 is 33.7 Å². The van der Waals surface area contributed by atoms with E-state index in [4.69, 9.17) is 10.6 Å². The number of anilines is 1. The van der Waals surface area contributed by atoms with E-state index in [2.05, 4.69) is 32.1 Å². The Labute approximate surface area is 263 Å². The minimum Gasteiger partial charge on any atom is -0.477 e. The Morgan fingerprint density at radius 2 is 1.91 bits per heavy atom. The van der Waals surface area contributed by atoms with Gasteiger partial charge in [0.1, 0.15) is 23.7 Å². The third-order valence-corrected chi connectivity index (χ3v) is 8.91. The van der Waals surface area contributed by atoms with E-state index in [1.807, 2.05) is 0 Å². The van der Waals surface area contributed by atoms with Gasteiger partial charge in [-0.2, -0.15) is 9.36 Å². The van der Waals surface area contributed by atoms with Gasteiger partial charge in [0.15, 0.2) is 24.1 Å². The fraction of sp³-hybridized carbons (Fsp3) is 0.500. The number of carbonyl (C=O) groups is 4. The maximum Gasteiger partial charge on any atom is 0.352 e. The first-order valence-electron chi connectivity index (χ1n) is 14.5. The number of pyridine rings is 1. The van der Waals surface area contributed by atoms with E-state index in [1.165, 1.54) is 42.3 Å². The maximum atomic E-state index is 13.1. The van der Waals surface area contributed by atoms with Crippen LogP contribution < -0.4 is 20.9 Å². The number of amides is 3. The fourth-order valence-electron chi connectivity index (χ4n) is 4.80. The molecule has 4 rings (SSSR count). The zero-order valence-corrected chi connectivity index (χ0v) is 26.3. The van der Waals surface area contributed by atoms with E-state index in [9.17, 15) is 24.3 Å². The van der Waals surface area contributed by atoms with Crippen molar-refractivity contribution in [3.63, 3.8) is 0 Å². The highest BCUT2D eigenvalue weighted by atomic mass is 32.2. The minimum atomic E-state index is -1.24. The molecule has 1 fully saturated rings. The van der Waals surface area contributed by atoms with Crippen molar-refractivity contribution in [1.29, 1.82) is 0 Å². The first-order valence-corrected chi connectivity index (χ1v) is 16.3. The van der Waals surface area contributed by atoms with Gasteiger partial charge in [0, 0.05) is 41.5 Å². The number of aliphatic carboxylic acids is 1. The number of carbonyl (C=O) groups excluding carboxylic acids is 3. The van der Waals surface area contributed by atoms with Crippen LogP contribution in [0.1, 0.15) is 68.6 Å². The fourth-order valence-corrected chi connectivity index (χ4v) is 6.57. The summed E-state index contributed by atoms with van der Waals surface area (Å²) in [5, 5.41) is 18.9. The molecule has 2 aliphatic heterocycles. The van der Waals surface area contributed by atoms with E-state index >= 15 is 0 Å². The lowest BCUT2D eigenvalue weighted by Crippen LogP contribution is -2.71. The predicted octanol–water partition coefficient (Wildman–Crippen LogP) is 1.68. The number of nitrogen functional groups attached to an aromatic ring is 1. The lowest BCUT2D eigenvalue weighted by molar-refractivity contribution is -0.689. The molecular formula is C28H37N8O6S2+. The van der Waals surface area contributed by atoms with Crippen LogP contribution in [0.25, 0.3) is 0 Å². The molecule has 16 heteroatoms. The molecule has 0 spiro atoms. The number of unbranched alkanes of at least 4 members (excludes halogenated alkanes) is 5. The Hall–Kier alpha value is -4.05. The van der Waals surface area contributed by atoms with Crippen molar-refractivity contribution in [1.82, 2.24) is 24.9 Å². The Kier molecular flexibility index (Phi) is 11.7. The van der Waals surface area contributed by atoms with Crippen molar-refractivity contribution >= 4 is 57.8 Å². The van der Waals surface area contributed by atoms with Crippen LogP contribution in [0, 0.1) is 0 Å². The summed E-state index contributed by atoms with van der Waals surface area (Å²) < 4.78 is 5.75. The van der Waals surface area contributed by atoms with E-state index in [0.29, 0.717) is 23.4 Å². The third kappa shape index (κ3) is 7.91. The molecule has 3 amide bonds. The number of hydrogen-bond donors (Lipinski definition) is 4. The van der Waals surface area contributed by atoms with Crippen LogP contribution in [-0.2, 0) is 25.8 Å². The van der Waals surface area contributed by atoms with Gasteiger partial charge < -0.3 is 26.3 Å². The van der Waals surface area contributed by atoms with Gasteiger partial charge in [0.25, 0.3) is 17.7 Å². The summed E-state index contributed by atoms with van der Waals surface area (Å²) in [7, 11) is 0. The van der Waals surface area contributed by atoms with Crippen LogP contribution in [0.15, 0.2) is 41.0 Å². The normalized spacial score (nSPS) is 18.0. The summed E-state index contributed by atoms with van der Waals surface area (Å²) in [5.74, 6) is -2.42. The number of fused-ring (bicyclic) bond motifs is 1. The van der Waals surface area contributed by atoms with Gasteiger partial charge in [-0.1, -0.05) is 44.2 Å². The Balaban J connectivity index is 1.37. The number of nitrogens with one attached hydrogen (secondary N) is 2. The number of thioether (sulfide) groups is 1. The molecule has 0 radical (unpaired) electrons. The molecule has 4 heterocycles. The molecule has 0 aromatic carbocycles. The summed E-state index contributed by atoms with van der Waals surface area (Å²) in [5.41, 5.74) is 6.32. The van der Waals surface area contributed by atoms with E-state index in [1.54, 1.807) is 36.0 Å². The number of nitrogens with zero attached hydrogens (tertiary/aromatic N) is 5. The van der Waals surface area contributed by atoms with Crippen LogP contribution in [0.4, 0.5) is 5.13 Å². The maximum absolute atomic E-state index is 13.1. The second-order valence-electron chi connectivity index (χ2n) is 10.2. The summed E-state index contributed by atoms with van der Waals surface area (Å²) in [4.78, 5) is 61.2. The molecule has 1 unspecified atom stereocenters. The highest BCUT2D eigenvalue weighted by Crippen LogP contribution is 2.40. The van der Waals surface area contributed by atoms with Crippen molar-refractivity contribution in [2.24, 2.45) is 5.16 Å². The van der Waals surface area contributed by atoms with Gasteiger partial charge >= 0.3 is 5.97 Å². The standard InChI is InChI=1S/C28H36N8O6S2/c1-3-5-6-7-8-9-12-30-23(37)17-10-13-35(14-11-17)15-18-16-43-26-20(25(39)36(26)21(18)27(40)41)31-24(38)19(33-42-4-2)22-32-28(29)44-34-22/h10-11,13-14,20,26H,3-9,12,15-16H2,1-2H3,(H4-,29,30,31,32,34,37,38,40,41)/p+1/b33-19-/t20?,26-/m1/s1. The SMILES string of the molecule is CCCCCCCCNC(=O)c1cc[n+](CC2=C(C(=O)O)N3C(=O)C(NC(=O)/C(=N\OCC)c4nsc(N)n4)[C@H]3SC2)cc1. The zero-order chi connectivity index (χ0) is 31.6. The molecule has 0 saturated carbocycles. The summed E-state index contributed by atoms with van der Waals surface area (Å²) in [6, 6.07) is 2.39. The Bertz CT molecular complexity index is 1430. The van der Waals surface area contributed by atoms with E-state index in [0.717, 1.165) is 24.4 Å². The van der Waals surface area contributed by atoms with Crippen LogP contribution in [-0.4, -0.2) is 79.1 Å². The lowest BCUT2D eigenvalue weighted by Gasteiger charge is -2.49. The first kappa shape index (κ1) is 32.9. The highest BCUT2D eigenvalue weighted by molar-refractivity contribution is 8.00. The predicted molar refractivity (Wildman–Crippen MR) is 165 cm³/mol. The summed E-state index contributed by atoms with van der Waals surface area (Å²) in [6.45, 7) is 4.89. The van der Waals surface area contributed by atoms with Gasteiger partial charge in [-0.05, 0) is 13.3 Å². The van der Waals surface area contributed by atoms with E-state index < -0.39 is 29.2 Å². The Morgan fingerprint density at radius 1 is 1.18 bits per heavy atom. The molecule has 1 saturated heterocycles. The molecule has 0 aliphatic carbocycles. The number of carboxylic acids is 1. The Morgan fingerprint density at radius 3 is 2.57 bits per heavy atom. The molecular weight excluding hydrogens is 608 g/mol. The van der Waals surface area contributed by atoms with Gasteiger partial charge in [-0.3, -0.25) is 19.3 Å². The molecule has 2 aromatic heterocycles. The van der Waals surface area contributed by atoms with E-state index in [-0.39, 0.29) is 41.4 Å². The molecule has 0 bridgehead atoms. The average molecular weight is 646 g/mol. The number of oxime groups is 1. The number of β-lactam (4-membered cyclic amide) rings is 1. The minimum absolute atomic E-state index is 0.0369. The molecule has 236 valence electrons. The van der Waals surface area contributed by atoms with Gasteiger partial charge in [-0.25, -0.2) is 9.36 Å². The number of nitrogens with two attached hydrogens (primary N) is 1. The molecule has 5 N–H and O–H groups in total. The smallest absolute Gasteiger partial charge is 0.352 e. The van der Waals surface area contributed by atoms with Crippen LogP contribution in [0.3, 0.4) is 0 Å². The number of carboxylic acid groups (broad SMARTS) is 1. The van der Waals surface area contributed by atoms with Gasteiger partial charge in [-0.15, -0.1) is 11.8 Å². The second kappa shape index (κ2) is 15.6. The first-order chi connectivity index (χ1) is 21.2. The topological polar surface area (TPSA) is 193 Å².